The third-order valence-corrected chi connectivity index (χ3v) is 5.28. The SMILES string of the molecule is CCS(=O)(=O)Nc1c(F)ccc(C(=O)c2n[nH]c3ncc(Br)cc23)c1F. The molecule has 0 atom stereocenters. The zero-order valence-electron chi connectivity index (χ0n) is 13.2. The molecule has 0 saturated heterocycles. The maximum Gasteiger partial charge on any atom is 0.232 e. The second kappa shape index (κ2) is 6.72. The van der Waals surface area contributed by atoms with Gasteiger partial charge in [-0.25, -0.2) is 22.2 Å². The summed E-state index contributed by atoms with van der Waals surface area (Å²) in [7, 11) is -3.93. The molecule has 11 heteroatoms. The number of aromatic amines is 1. The molecule has 0 aliphatic heterocycles. The van der Waals surface area contributed by atoms with E-state index in [1.165, 1.54) is 13.1 Å². The molecule has 0 radical (unpaired) electrons. The van der Waals surface area contributed by atoms with Gasteiger partial charge >= 0.3 is 0 Å². The van der Waals surface area contributed by atoms with E-state index in [1.807, 2.05) is 4.72 Å². The van der Waals surface area contributed by atoms with Gasteiger partial charge in [-0.1, -0.05) is 0 Å². The summed E-state index contributed by atoms with van der Waals surface area (Å²) >= 11 is 3.22. The Morgan fingerprint density at radius 2 is 2.08 bits per heavy atom. The smallest absolute Gasteiger partial charge is 0.232 e. The number of nitrogens with zero attached hydrogens (tertiary/aromatic N) is 2. The highest BCUT2D eigenvalue weighted by atomic mass is 79.9. The van der Waals surface area contributed by atoms with Gasteiger partial charge in [0.1, 0.15) is 17.2 Å². The number of carbonyl (C=O) groups excluding carboxylic acids is 1. The number of benzene rings is 1. The normalized spacial score (nSPS) is 11.7. The first-order chi connectivity index (χ1) is 12.2. The van der Waals surface area contributed by atoms with Gasteiger partial charge < -0.3 is 0 Å². The Bertz CT molecular complexity index is 1130. The van der Waals surface area contributed by atoms with Gasteiger partial charge in [-0.15, -0.1) is 0 Å². The molecule has 0 unspecified atom stereocenters. The third kappa shape index (κ3) is 3.31. The summed E-state index contributed by atoms with van der Waals surface area (Å²) in [6.07, 6.45) is 1.49. The summed E-state index contributed by atoms with van der Waals surface area (Å²) in [5, 5.41) is 6.72. The molecule has 0 saturated carbocycles. The summed E-state index contributed by atoms with van der Waals surface area (Å²) in [6, 6.07) is 3.32. The summed E-state index contributed by atoms with van der Waals surface area (Å²) in [5.41, 5.74) is -1.24. The summed E-state index contributed by atoms with van der Waals surface area (Å²) < 4.78 is 54.2. The number of fused-ring (bicyclic) bond motifs is 1. The van der Waals surface area contributed by atoms with Crippen molar-refractivity contribution in [3.05, 3.63) is 51.8 Å². The second-order valence-electron chi connectivity index (χ2n) is 5.24. The van der Waals surface area contributed by atoms with Crippen LogP contribution in [0, 0.1) is 11.6 Å². The first kappa shape index (κ1) is 18.4. The topological polar surface area (TPSA) is 105 Å². The summed E-state index contributed by atoms with van der Waals surface area (Å²) in [4.78, 5) is 16.7. The zero-order valence-corrected chi connectivity index (χ0v) is 15.6. The van der Waals surface area contributed by atoms with Crippen LogP contribution >= 0.6 is 15.9 Å². The Kier molecular flexibility index (Phi) is 4.76. The number of ketones is 1. The number of halogens is 3. The Morgan fingerprint density at radius 1 is 1.35 bits per heavy atom. The van der Waals surface area contributed by atoms with Gasteiger partial charge in [-0.3, -0.25) is 14.6 Å². The van der Waals surface area contributed by atoms with Gasteiger partial charge in [-0.05, 0) is 41.1 Å². The van der Waals surface area contributed by atoms with E-state index in [-0.39, 0.29) is 11.4 Å². The lowest BCUT2D eigenvalue weighted by Gasteiger charge is -2.10. The quantitative estimate of drug-likeness (QED) is 0.588. The van der Waals surface area contributed by atoms with Crippen molar-refractivity contribution in [2.75, 3.05) is 10.5 Å². The van der Waals surface area contributed by atoms with E-state index in [2.05, 4.69) is 31.1 Å². The Hall–Kier alpha value is -2.40. The van der Waals surface area contributed by atoms with Crippen molar-refractivity contribution in [2.24, 2.45) is 0 Å². The van der Waals surface area contributed by atoms with Crippen LogP contribution in [0.1, 0.15) is 23.0 Å². The molecule has 7 nitrogen and oxygen atoms in total. The van der Waals surface area contributed by atoms with Gasteiger partial charge in [0.15, 0.2) is 11.5 Å². The number of anilines is 1. The minimum absolute atomic E-state index is 0.122. The van der Waals surface area contributed by atoms with Gasteiger partial charge in [0.25, 0.3) is 0 Å². The number of rotatable bonds is 5. The van der Waals surface area contributed by atoms with Crippen LogP contribution in [-0.2, 0) is 10.0 Å². The van der Waals surface area contributed by atoms with Crippen LogP contribution in [0.25, 0.3) is 11.0 Å². The molecule has 0 amide bonds. The largest absolute Gasteiger partial charge is 0.287 e. The van der Waals surface area contributed by atoms with Crippen LogP contribution in [0.15, 0.2) is 28.9 Å². The van der Waals surface area contributed by atoms with Gasteiger partial charge in [0.2, 0.25) is 15.8 Å². The zero-order chi connectivity index (χ0) is 19.1. The van der Waals surface area contributed by atoms with Gasteiger partial charge in [0, 0.05) is 10.7 Å². The van der Waals surface area contributed by atoms with E-state index in [0.717, 1.165) is 12.1 Å². The van der Waals surface area contributed by atoms with Crippen molar-refractivity contribution >= 4 is 48.5 Å². The molecule has 3 rings (SSSR count). The number of aromatic nitrogens is 3. The molecular formula is C15H11BrF2N4O3S. The molecule has 3 aromatic rings. The van der Waals surface area contributed by atoms with Gasteiger partial charge in [-0.2, -0.15) is 5.10 Å². The van der Waals surface area contributed by atoms with Crippen LogP contribution in [0.3, 0.4) is 0 Å². The molecule has 2 aromatic heterocycles. The van der Waals surface area contributed by atoms with E-state index in [4.69, 9.17) is 0 Å². The maximum atomic E-state index is 14.7. The Labute approximate surface area is 155 Å². The highest BCUT2D eigenvalue weighted by Crippen LogP contribution is 2.27. The minimum atomic E-state index is -3.93. The maximum absolute atomic E-state index is 14.7. The molecule has 0 aliphatic carbocycles. The lowest BCUT2D eigenvalue weighted by atomic mass is 10.0. The van der Waals surface area contributed by atoms with E-state index in [0.29, 0.717) is 15.5 Å². The molecule has 2 N–H and O–H groups in total. The molecule has 136 valence electrons. The van der Waals surface area contributed by atoms with Crippen LogP contribution in [0.4, 0.5) is 14.5 Å². The minimum Gasteiger partial charge on any atom is -0.287 e. The molecule has 0 fully saturated rings. The number of H-pyrrole nitrogens is 1. The molecule has 1 aromatic carbocycles. The predicted molar refractivity (Wildman–Crippen MR) is 94.5 cm³/mol. The Balaban J connectivity index is 2.11. The first-order valence-corrected chi connectivity index (χ1v) is 9.71. The summed E-state index contributed by atoms with van der Waals surface area (Å²) in [6.45, 7) is 1.31. The number of hydrogen-bond acceptors (Lipinski definition) is 5. The Morgan fingerprint density at radius 3 is 2.77 bits per heavy atom. The average molecular weight is 445 g/mol. The van der Waals surface area contributed by atoms with Crippen LogP contribution in [-0.4, -0.2) is 35.1 Å². The number of sulfonamides is 1. The van der Waals surface area contributed by atoms with Crippen molar-refractivity contribution in [3.63, 3.8) is 0 Å². The lowest BCUT2D eigenvalue weighted by molar-refractivity contribution is 0.103. The standard InChI is InChI=1S/C15H11BrF2N4O3S/c1-2-26(24,25)22-13-10(17)4-3-8(11(13)18)14(23)12-9-5-7(16)6-19-15(9)21-20-12/h3-6,22H,2H2,1H3,(H,19,20,21). The fourth-order valence-corrected chi connectivity index (χ4v) is 3.20. The monoisotopic (exact) mass is 444 g/mol. The number of pyridine rings is 1. The highest BCUT2D eigenvalue weighted by Gasteiger charge is 2.25. The van der Waals surface area contributed by atoms with E-state index >= 15 is 0 Å². The number of nitrogens with one attached hydrogen (secondary N) is 2. The number of hydrogen-bond donors (Lipinski definition) is 2. The van der Waals surface area contributed by atoms with Crippen molar-refractivity contribution in [2.45, 2.75) is 6.92 Å². The third-order valence-electron chi connectivity index (χ3n) is 3.57. The van der Waals surface area contributed by atoms with Gasteiger partial charge in [0.05, 0.1) is 16.7 Å². The summed E-state index contributed by atoms with van der Waals surface area (Å²) in [5.74, 6) is -3.67. The lowest BCUT2D eigenvalue weighted by Crippen LogP contribution is -2.18. The van der Waals surface area contributed by atoms with Crippen LogP contribution in [0.5, 0.6) is 0 Å². The molecule has 2 heterocycles. The van der Waals surface area contributed by atoms with Crippen molar-refractivity contribution in [1.82, 2.24) is 15.2 Å². The fraction of sp³-hybridized carbons (Fsp3) is 0.133. The van der Waals surface area contributed by atoms with E-state index < -0.39 is 38.7 Å². The molecule has 0 spiro atoms. The molecule has 0 aliphatic rings. The first-order valence-electron chi connectivity index (χ1n) is 7.26. The predicted octanol–water partition coefficient (Wildman–Crippen LogP) is 2.99. The molecule has 26 heavy (non-hydrogen) atoms. The van der Waals surface area contributed by atoms with E-state index in [1.54, 1.807) is 6.07 Å². The van der Waals surface area contributed by atoms with Crippen LogP contribution in [0.2, 0.25) is 0 Å². The van der Waals surface area contributed by atoms with E-state index in [9.17, 15) is 22.0 Å². The van der Waals surface area contributed by atoms with Crippen LogP contribution < -0.4 is 4.72 Å². The molecular weight excluding hydrogens is 434 g/mol. The van der Waals surface area contributed by atoms with Crippen molar-refractivity contribution in [3.8, 4) is 0 Å². The second-order valence-corrected chi connectivity index (χ2v) is 8.17. The number of carbonyl (C=O) groups is 1. The van der Waals surface area contributed by atoms with Crippen molar-refractivity contribution < 1.29 is 22.0 Å². The van der Waals surface area contributed by atoms with Crippen molar-refractivity contribution in [1.29, 1.82) is 0 Å². The fourth-order valence-electron chi connectivity index (χ4n) is 2.23. The average Bonchev–Trinajstić information content (AvgIpc) is 3.01. The highest BCUT2D eigenvalue weighted by molar-refractivity contribution is 9.10. The molecule has 0 bridgehead atoms.